The second-order valence-corrected chi connectivity index (χ2v) is 10.1. The molecule has 4 N–H and O–H groups in total. The lowest BCUT2D eigenvalue weighted by molar-refractivity contribution is -0.193. The van der Waals surface area contributed by atoms with Crippen LogP contribution < -0.4 is 10.6 Å². The molecule has 1 aliphatic rings. The summed E-state index contributed by atoms with van der Waals surface area (Å²) in [7, 11) is 0. The van der Waals surface area contributed by atoms with Gasteiger partial charge in [-0.15, -0.1) is 0 Å². The van der Waals surface area contributed by atoms with Crippen LogP contribution in [-0.4, -0.2) is 71.0 Å². The van der Waals surface area contributed by atoms with Crippen molar-refractivity contribution >= 4 is 17.8 Å². The van der Waals surface area contributed by atoms with Gasteiger partial charge in [-0.1, -0.05) is 30.3 Å². The Bertz CT molecular complexity index is 1570. The smallest absolute Gasteiger partial charge is 0.475 e. The van der Waals surface area contributed by atoms with Crippen LogP contribution in [0, 0.1) is 17.1 Å². The number of halogens is 7. The Labute approximate surface area is 264 Å². The first-order valence-corrected chi connectivity index (χ1v) is 13.6. The average molecular weight is 671 g/mol. The number of aliphatic carboxylic acids is 2. The zero-order valence-corrected chi connectivity index (χ0v) is 24.6. The van der Waals surface area contributed by atoms with E-state index in [4.69, 9.17) is 25.1 Å². The van der Waals surface area contributed by atoms with Crippen LogP contribution >= 0.6 is 0 Å². The maximum atomic E-state index is 14.7. The van der Waals surface area contributed by atoms with Crippen molar-refractivity contribution in [3.8, 4) is 17.2 Å². The summed E-state index contributed by atoms with van der Waals surface area (Å²) >= 11 is 0. The largest absolute Gasteiger partial charge is 0.490 e. The SMILES string of the molecule is C[C@H]1CN(Cc2cccc(-c3cc(CNC(=O)c4cccc(C#N)c4)ccc3F)c2)CCN1.O=C(O)C(F)(F)F.O=C(O)C(F)(F)F. The Kier molecular flexibility index (Phi) is 13.9. The Morgan fingerprint density at radius 3 is 2.13 bits per heavy atom. The van der Waals surface area contributed by atoms with Crippen molar-refractivity contribution in [3.05, 3.63) is 94.8 Å². The van der Waals surface area contributed by atoms with Crippen LogP contribution in [0.4, 0.5) is 30.7 Å². The molecule has 252 valence electrons. The van der Waals surface area contributed by atoms with Crippen LogP contribution in [0.15, 0.2) is 66.7 Å². The molecule has 1 fully saturated rings. The van der Waals surface area contributed by atoms with Crippen molar-refractivity contribution in [2.24, 2.45) is 0 Å². The minimum Gasteiger partial charge on any atom is -0.475 e. The number of carbonyl (C=O) groups is 3. The molecular weight excluding hydrogens is 641 g/mol. The molecule has 1 heterocycles. The fraction of sp³-hybridized carbons (Fsp3) is 0.290. The molecule has 16 heteroatoms. The second-order valence-electron chi connectivity index (χ2n) is 10.1. The molecular formula is C31H29F7N4O5. The number of amides is 1. The summed E-state index contributed by atoms with van der Waals surface area (Å²) in [6.07, 6.45) is -10.2. The lowest BCUT2D eigenvalue weighted by Gasteiger charge is -2.31. The third-order valence-electron chi connectivity index (χ3n) is 6.32. The molecule has 1 aliphatic heterocycles. The van der Waals surface area contributed by atoms with Gasteiger partial charge in [0.25, 0.3) is 5.91 Å². The molecule has 0 bridgehead atoms. The topological polar surface area (TPSA) is 143 Å². The highest BCUT2D eigenvalue weighted by atomic mass is 19.4. The molecule has 4 rings (SSSR count). The molecule has 1 amide bonds. The van der Waals surface area contributed by atoms with E-state index in [0.717, 1.165) is 42.9 Å². The van der Waals surface area contributed by atoms with E-state index in [0.29, 0.717) is 22.7 Å². The number of rotatable bonds is 6. The van der Waals surface area contributed by atoms with Gasteiger partial charge in [0, 0.05) is 49.9 Å². The summed E-state index contributed by atoms with van der Waals surface area (Å²) in [5.41, 5.74) is 4.15. The fourth-order valence-electron chi connectivity index (χ4n) is 4.17. The standard InChI is InChI=1S/C27H27FN4O.2C2HF3O2/c1-19-17-32(11-10-30-19)18-22-5-3-6-23(13-22)25-14-21(8-9-26(25)28)16-31-27(33)24-7-2-4-20(12-24)15-29;2*3-2(4,5)1(6)7/h2-9,12-14,19,30H,10-11,16-18H2,1H3,(H,31,33);2*(H,6,7)/t19-;;/m0../s1. The molecule has 0 aromatic heterocycles. The first-order valence-electron chi connectivity index (χ1n) is 13.6. The fourth-order valence-corrected chi connectivity index (χ4v) is 4.17. The zero-order chi connectivity index (χ0) is 35.4. The van der Waals surface area contributed by atoms with E-state index >= 15 is 0 Å². The van der Waals surface area contributed by atoms with Crippen molar-refractivity contribution in [1.82, 2.24) is 15.5 Å². The molecule has 0 radical (unpaired) electrons. The first kappa shape index (κ1) is 38.2. The van der Waals surface area contributed by atoms with E-state index in [-0.39, 0.29) is 18.3 Å². The normalized spacial score (nSPS) is 14.7. The number of benzene rings is 3. The molecule has 1 atom stereocenters. The summed E-state index contributed by atoms with van der Waals surface area (Å²) in [5, 5.41) is 29.6. The van der Waals surface area contributed by atoms with E-state index in [9.17, 15) is 35.5 Å². The first-order chi connectivity index (χ1) is 21.9. The predicted octanol–water partition coefficient (Wildman–Crippen LogP) is 5.35. The molecule has 0 saturated carbocycles. The Morgan fingerprint density at radius 1 is 0.936 bits per heavy atom. The molecule has 3 aromatic rings. The van der Waals surface area contributed by atoms with E-state index in [2.05, 4.69) is 28.5 Å². The van der Waals surface area contributed by atoms with Gasteiger partial charge in [0.2, 0.25) is 0 Å². The third kappa shape index (κ3) is 13.1. The van der Waals surface area contributed by atoms with E-state index in [1.807, 2.05) is 24.3 Å². The summed E-state index contributed by atoms with van der Waals surface area (Å²) in [6.45, 7) is 6.24. The number of piperazine rings is 1. The Morgan fingerprint density at radius 2 is 1.55 bits per heavy atom. The highest BCUT2D eigenvalue weighted by molar-refractivity contribution is 5.94. The van der Waals surface area contributed by atoms with Gasteiger partial charge in [0.1, 0.15) is 5.82 Å². The number of nitriles is 1. The average Bonchev–Trinajstić information content (AvgIpc) is 3.00. The number of nitrogens with one attached hydrogen (secondary N) is 2. The van der Waals surface area contributed by atoms with Crippen LogP contribution in [0.3, 0.4) is 0 Å². The summed E-state index contributed by atoms with van der Waals surface area (Å²) in [6, 6.07) is 21.9. The lowest BCUT2D eigenvalue weighted by Crippen LogP contribution is -2.48. The maximum absolute atomic E-state index is 14.7. The highest BCUT2D eigenvalue weighted by Crippen LogP contribution is 2.26. The van der Waals surface area contributed by atoms with Gasteiger partial charge in [0.05, 0.1) is 11.6 Å². The van der Waals surface area contributed by atoms with E-state index < -0.39 is 24.3 Å². The molecule has 0 spiro atoms. The van der Waals surface area contributed by atoms with Gasteiger partial charge in [-0.05, 0) is 60.0 Å². The monoisotopic (exact) mass is 670 g/mol. The van der Waals surface area contributed by atoms with Gasteiger partial charge in [0.15, 0.2) is 0 Å². The Balaban J connectivity index is 0.000000459. The number of hydrogen-bond donors (Lipinski definition) is 4. The zero-order valence-electron chi connectivity index (χ0n) is 24.6. The van der Waals surface area contributed by atoms with E-state index in [1.54, 1.807) is 36.4 Å². The second kappa shape index (κ2) is 17.1. The van der Waals surface area contributed by atoms with Crippen LogP contribution in [0.5, 0.6) is 0 Å². The van der Waals surface area contributed by atoms with Crippen molar-refractivity contribution in [3.63, 3.8) is 0 Å². The molecule has 9 nitrogen and oxygen atoms in total. The third-order valence-corrected chi connectivity index (χ3v) is 6.32. The van der Waals surface area contributed by atoms with Gasteiger partial charge in [-0.25, -0.2) is 14.0 Å². The molecule has 47 heavy (non-hydrogen) atoms. The molecule has 0 aliphatic carbocycles. The summed E-state index contributed by atoms with van der Waals surface area (Å²) < 4.78 is 78.2. The van der Waals surface area contributed by atoms with Gasteiger partial charge in [-0.3, -0.25) is 9.69 Å². The van der Waals surface area contributed by atoms with Gasteiger partial charge >= 0.3 is 24.3 Å². The maximum Gasteiger partial charge on any atom is 0.490 e. The van der Waals surface area contributed by atoms with Crippen LogP contribution in [0.1, 0.15) is 34.0 Å². The number of alkyl halides is 6. The van der Waals surface area contributed by atoms with Gasteiger partial charge < -0.3 is 20.8 Å². The summed E-state index contributed by atoms with van der Waals surface area (Å²) in [4.78, 5) is 32.7. The van der Waals surface area contributed by atoms with Gasteiger partial charge in [-0.2, -0.15) is 31.6 Å². The van der Waals surface area contributed by atoms with Crippen molar-refractivity contribution in [2.45, 2.75) is 38.4 Å². The quantitative estimate of drug-likeness (QED) is 0.257. The molecule has 0 unspecified atom stereocenters. The lowest BCUT2D eigenvalue weighted by atomic mass is 10.00. The molecule has 1 saturated heterocycles. The van der Waals surface area contributed by atoms with Crippen LogP contribution in [0.2, 0.25) is 0 Å². The van der Waals surface area contributed by atoms with Crippen LogP contribution in [0.25, 0.3) is 11.1 Å². The minimum atomic E-state index is -5.08. The predicted molar refractivity (Wildman–Crippen MR) is 154 cm³/mol. The minimum absolute atomic E-state index is 0.265. The number of carboxylic acid groups (broad SMARTS) is 2. The molecule has 3 aromatic carbocycles. The number of nitrogens with zero attached hydrogens (tertiary/aromatic N) is 2. The van der Waals surface area contributed by atoms with Crippen molar-refractivity contribution in [1.29, 1.82) is 5.26 Å². The highest BCUT2D eigenvalue weighted by Gasteiger charge is 2.38. The van der Waals surface area contributed by atoms with Crippen molar-refractivity contribution < 1.29 is 55.3 Å². The number of carboxylic acids is 2. The van der Waals surface area contributed by atoms with E-state index in [1.165, 1.54) is 6.07 Å². The number of hydrogen-bond acceptors (Lipinski definition) is 6. The summed E-state index contributed by atoms with van der Waals surface area (Å²) in [5.74, 6) is -6.08. The Hall–Kier alpha value is -5.01. The number of carbonyl (C=O) groups excluding carboxylic acids is 1. The van der Waals surface area contributed by atoms with Crippen molar-refractivity contribution in [2.75, 3.05) is 19.6 Å². The van der Waals surface area contributed by atoms with Crippen LogP contribution in [-0.2, 0) is 22.7 Å².